The zero-order chi connectivity index (χ0) is 14.7. The van der Waals surface area contributed by atoms with E-state index in [0.29, 0.717) is 0 Å². The molecule has 2 rings (SSSR count). The molecule has 0 radical (unpaired) electrons. The number of hydrogen-bond donors (Lipinski definition) is 2. The van der Waals surface area contributed by atoms with Crippen molar-refractivity contribution in [2.75, 3.05) is 20.7 Å². The van der Waals surface area contributed by atoms with Crippen molar-refractivity contribution in [3.05, 3.63) is 16.8 Å². The Balaban J connectivity index is 2.17. The van der Waals surface area contributed by atoms with Crippen molar-refractivity contribution in [2.24, 2.45) is 4.99 Å². The van der Waals surface area contributed by atoms with Gasteiger partial charge in [0.05, 0.1) is 19.0 Å². The molecular formula is C11H17N5O4. The highest BCUT2D eigenvalue weighted by Gasteiger charge is 2.35. The van der Waals surface area contributed by atoms with E-state index in [9.17, 15) is 9.90 Å². The minimum Gasteiger partial charge on any atom is -0.394 e. The summed E-state index contributed by atoms with van der Waals surface area (Å²) in [5.41, 5.74) is -0.568. The van der Waals surface area contributed by atoms with Crippen molar-refractivity contribution >= 4 is 12.3 Å². The Morgan fingerprint density at radius 3 is 2.95 bits per heavy atom. The van der Waals surface area contributed by atoms with Gasteiger partial charge in [-0.05, 0) is 0 Å². The number of nitrogens with zero attached hydrogens (tertiary/aromatic N) is 5. The van der Waals surface area contributed by atoms with Crippen molar-refractivity contribution in [3.8, 4) is 0 Å². The lowest BCUT2D eigenvalue weighted by molar-refractivity contribution is -0.0462. The van der Waals surface area contributed by atoms with Crippen LogP contribution in [0.2, 0.25) is 0 Å². The van der Waals surface area contributed by atoms with E-state index >= 15 is 0 Å². The van der Waals surface area contributed by atoms with E-state index < -0.39 is 24.1 Å². The first-order valence-electron chi connectivity index (χ1n) is 6.11. The van der Waals surface area contributed by atoms with Crippen LogP contribution in [0.5, 0.6) is 0 Å². The third-order valence-electron chi connectivity index (χ3n) is 2.81. The second kappa shape index (κ2) is 6.07. The van der Waals surface area contributed by atoms with Crippen LogP contribution in [0, 0.1) is 0 Å². The van der Waals surface area contributed by atoms with Crippen LogP contribution in [0.3, 0.4) is 0 Å². The molecule has 0 amide bonds. The molecule has 3 unspecified atom stereocenters. The van der Waals surface area contributed by atoms with Gasteiger partial charge < -0.3 is 19.8 Å². The third-order valence-corrected chi connectivity index (χ3v) is 2.81. The van der Waals surface area contributed by atoms with Gasteiger partial charge in [-0.1, -0.05) is 0 Å². The summed E-state index contributed by atoms with van der Waals surface area (Å²) in [6.45, 7) is -0.307. The van der Waals surface area contributed by atoms with E-state index in [-0.39, 0.29) is 19.0 Å². The van der Waals surface area contributed by atoms with Gasteiger partial charge in [0.25, 0.3) is 5.95 Å². The van der Waals surface area contributed by atoms with Crippen LogP contribution in [0.1, 0.15) is 12.6 Å². The fourth-order valence-corrected chi connectivity index (χ4v) is 1.81. The Bertz CT molecular complexity index is 544. The summed E-state index contributed by atoms with van der Waals surface area (Å²) in [6.07, 6.45) is 0.767. The summed E-state index contributed by atoms with van der Waals surface area (Å²) in [4.78, 5) is 25.1. The molecule has 110 valence electrons. The summed E-state index contributed by atoms with van der Waals surface area (Å²) in [5, 5.41) is 18.7. The van der Waals surface area contributed by atoms with Gasteiger partial charge in [-0.15, -0.1) is 0 Å². The Morgan fingerprint density at radius 1 is 1.65 bits per heavy atom. The average Bonchev–Trinajstić information content (AvgIpc) is 2.77. The molecule has 1 aliphatic heterocycles. The van der Waals surface area contributed by atoms with E-state index in [1.165, 1.54) is 17.2 Å². The van der Waals surface area contributed by atoms with E-state index in [1.54, 1.807) is 19.0 Å². The predicted octanol–water partition coefficient (Wildman–Crippen LogP) is -1.50. The quantitative estimate of drug-likeness (QED) is 0.510. The molecule has 0 spiro atoms. The minimum atomic E-state index is -0.816. The molecule has 20 heavy (non-hydrogen) atoms. The first-order valence-corrected chi connectivity index (χ1v) is 6.11. The summed E-state index contributed by atoms with van der Waals surface area (Å²) in [6, 6.07) is 0. The smallest absolute Gasteiger partial charge is 0.354 e. The maximum atomic E-state index is 11.9. The van der Waals surface area contributed by atoms with E-state index in [0.717, 1.165) is 0 Å². The normalized spacial score (nSPS) is 26.3. The van der Waals surface area contributed by atoms with E-state index in [2.05, 4.69) is 15.0 Å². The molecule has 2 N–H and O–H groups in total. The molecule has 9 heteroatoms. The van der Waals surface area contributed by atoms with Gasteiger partial charge in [-0.2, -0.15) is 4.98 Å². The van der Waals surface area contributed by atoms with Crippen molar-refractivity contribution in [1.29, 1.82) is 0 Å². The van der Waals surface area contributed by atoms with E-state index in [1.807, 2.05) is 0 Å². The lowest BCUT2D eigenvalue weighted by Crippen LogP contribution is -2.28. The molecule has 2 heterocycles. The molecule has 0 bridgehead atoms. The van der Waals surface area contributed by atoms with Crippen LogP contribution in [-0.4, -0.2) is 68.9 Å². The molecule has 1 aromatic heterocycles. The van der Waals surface area contributed by atoms with Crippen molar-refractivity contribution < 1.29 is 14.9 Å². The minimum absolute atomic E-state index is 0.0530. The standard InChI is InChI=1S/C11H17N5O4/c1-15(2)5-12-10-13-6-16(11(19)14-10)9-3-7(18)8(4-17)20-9/h5-9,17-18H,3-4H2,1-2H3. The molecule has 1 aliphatic rings. The van der Waals surface area contributed by atoms with Crippen LogP contribution in [0.15, 0.2) is 16.1 Å². The zero-order valence-electron chi connectivity index (χ0n) is 11.2. The van der Waals surface area contributed by atoms with Gasteiger partial charge >= 0.3 is 5.69 Å². The van der Waals surface area contributed by atoms with Crippen molar-refractivity contribution in [2.45, 2.75) is 24.9 Å². The predicted molar refractivity (Wildman–Crippen MR) is 69.8 cm³/mol. The highest BCUT2D eigenvalue weighted by Crippen LogP contribution is 2.27. The summed E-state index contributed by atoms with van der Waals surface area (Å²) in [5.74, 6) is 0.0530. The Morgan fingerprint density at radius 2 is 2.40 bits per heavy atom. The third kappa shape index (κ3) is 3.18. The molecule has 1 fully saturated rings. The lowest BCUT2D eigenvalue weighted by Gasteiger charge is -2.13. The first-order chi connectivity index (χ1) is 9.51. The van der Waals surface area contributed by atoms with Gasteiger partial charge in [-0.25, -0.2) is 14.8 Å². The highest BCUT2D eigenvalue weighted by molar-refractivity contribution is 5.57. The second-order valence-electron chi connectivity index (χ2n) is 4.67. The van der Waals surface area contributed by atoms with Crippen LogP contribution in [-0.2, 0) is 4.74 Å². The van der Waals surface area contributed by atoms with Gasteiger partial charge in [0.2, 0.25) is 0 Å². The van der Waals surface area contributed by atoms with Crippen molar-refractivity contribution in [3.63, 3.8) is 0 Å². The fraction of sp³-hybridized carbons (Fsp3) is 0.636. The number of ether oxygens (including phenoxy) is 1. The maximum absolute atomic E-state index is 11.9. The molecule has 0 saturated carbocycles. The largest absolute Gasteiger partial charge is 0.394 e. The van der Waals surface area contributed by atoms with Gasteiger partial charge in [0.15, 0.2) is 0 Å². The number of aliphatic hydroxyl groups excluding tert-OH is 2. The first kappa shape index (κ1) is 14.6. The Labute approximate surface area is 115 Å². The molecule has 9 nitrogen and oxygen atoms in total. The van der Waals surface area contributed by atoms with Crippen LogP contribution < -0.4 is 5.69 Å². The molecule has 0 aromatic carbocycles. The summed E-state index contributed by atoms with van der Waals surface area (Å²) >= 11 is 0. The number of aliphatic hydroxyl groups is 2. The van der Waals surface area contributed by atoms with Gasteiger partial charge in [-0.3, -0.25) is 4.57 Å². The molecule has 0 aliphatic carbocycles. The monoisotopic (exact) mass is 283 g/mol. The van der Waals surface area contributed by atoms with E-state index in [4.69, 9.17) is 9.84 Å². The molecule has 1 saturated heterocycles. The topological polar surface area (TPSA) is 113 Å². The van der Waals surface area contributed by atoms with Gasteiger partial charge in [0.1, 0.15) is 18.7 Å². The van der Waals surface area contributed by atoms with Crippen LogP contribution >= 0.6 is 0 Å². The maximum Gasteiger partial charge on any atom is 0.354 e. The number of rotatable bonds is 4. The average molecular weight is 283 g/mol. The van der Waals surface area contributed by atoms with Crippen LogP contribution in [0.4, 0.5) is 5.95 Å². The fourth-order valence-electron chi connectivity index (χ4n) is 1.81. The Hall–Kier alpha value is -1.84. The Kier molecular flexibility index (Phi) is 4.42. The van der Waals surface area contributed by atoms with Crippen LogP contribution in [0.25, 0.3) is 0 Å². The number of hydrogen-bond acceptors (Lipinski definition) is 7. The zero-order valence-corrected chi connectivity index (χ0v) is 11.2. The number of aliphatic imine (C=N–C) groups is 1. The summed E-state index contributed by atoms with van der Waals surface area (Å²) in [7, 11) is 3.57. The van der Waals surface area contributed by atoms with Gasteiger partial charge in [0, 0.05) is 20.5 Å². The summed E-state index contributed by atoms with van der Waals surface area (Å²) < 4.78 is 6.54. The molecule has 1 aromatic rings. The molecule has 3 atom stereocenters. The second-order valence-corrected chi connectivity index (χ2v) is 4.67. The number of aromatic nitrogens is 3. The van der Waals surface area contributed by atoms with Crippen molar-refractivity contribution in [1.82, 2.24) is 19.4 Å². The highest BCUT2D eigenvalue weighted by atomic mass is 16.5. The molecular weight excluding hydrogens is 266 g/mol. The lowest BCUT2D eigenvalue weighted by atomic mass is 10.2. The SMILES string of the molecule is CN(C)C=Nc1ncn(C2CC(O)C(CO)O2)c(=O)n1.